The van der Waals surface area contributed by atoms with Crippen molar-refractivity contribution in [2.75, 3.05) is 13.2 Å². The van der Waals surface area contributed by atoms with Crippen molar-refractivity contribution in [1.82, 2.24) is 10.6 Å². The molecule has 1 aliphatic heterocycles. The molecule has 142 valence electrons. The summed E-state index contributed by atoms with van der Waals surface area (Å²) in [5, 5.41) is 7.11. The Morgan fingerprint density at radius 3 is 2.69 bits per heavy atom. The molecule has 8 heteroatoms. The van der Waals surface area contributed by atoms with Gasteiger partial charge < -0.3 is 20.7 Å². The maximum absolute atomic E-state index is 13.9. The Kier molecular flexibility index (Phi) is 6.68. The average molecular weight is 368 g/mol. The maximum Gasteiger partial charge on any atom is 0.338 e. The van der Waals surface area contributed by atoms with Crippen LogP contribution in [0.5, 0.6) is 0 Å². The van der Waals surface area contributed by atoms with Crippen LogP contribution in [0.25, 0.3) is 0 Å². The quantitative estimate of drug-likeness (QED) is 0.638. The number of benzene rings is 1. The SMILES string of the molecule is CCOC(=O)C1=C(C[NH2+][C@H](C)c2ccc(F)cc2F)NC(=O)N[C@H]1CC. The van der Waals surface area contributed by atoms with Gasteiger partial charge in [0.15, 0.2) is 0 Å². The molecule has 4 N–H and O–H groups in total. The van der Waals surface area contributed by atoms with Crippen LogP contribution in [0.1, 0.15) is 38.8 Å². The van der Waals surface area contributed by atoms with Crippen LogP contribution in [0.4, 0.5) is 13.6 Å². The first-order valence-electron chi connectivity index (χ1n) is 8.63. The number of halogens is 2. The van der Waals surface area contributed by atoms with Crippen molar-refractivity contribution in [3.05, 3.63) is 46.7 Å². The van der Waals surface area contributed by atoms with E-state index in [0.29, 0.717) is 23.3 Å². The van der Waals surface area contributed by atoms with Gasteiger partial charge in [0.05, 0.1) is 23.9 Å². The van der Waals surface area contributed by atoms with Crippen molar-refractivity contribution in [2.24, 2.45) is 0 Å². The molecule has 0 fully saturated rings. The molecule has 2 amide bonds. The van der Waals surface area contributed by atoms with Crippen LogP contribution >= 0.6 is 0 Å². The van der Waals surface area contributed by atoms with E-state index in [9.17, 15) is 18.4 Å². The van der Waals surface area contributed by atoms with Gasteiger partial charge in [-0.05, 0) is 32.4 Å². The van der Waals surface area contributed by atoms with E-state index in [0.717, 1.165) is 6.07 Å². The third-order valence-electron chi connectivity index (χ3n) is 4.28. The molecule has 0 spiro atoms. The smallest absolute Gasteiger partial charge is 0.338 e. The fourth-order valence-corrected chi connectivity index (χ4v) is 2.92. The molecule has 26 heavy (non-hydrogen) atoms. The van der Waals surface area contributed by atoms with Crippen molar-refractivity contribution in [3.8, 4) is 0 Å². The summed E-state index contributed by atoms with van der Waals surface area (Å²) in [6.45, 7) is 5.80. The Labute approximate surface area is 151 Å². The van der Waals surface area contributed by atoms with Crippen molar-refractivity contribution in [3.63, 3.8) is 0 Å². The maximum atomic E-state index is 13.9. The van der Waals surface area contributed by atoms with Crippen LogP contribution in [0, 0.1) is 11.6 Å². The number of nitrogens with one attached hydrogen (secondary N) is 2. The van der Waals surface area contributed by atoms with Crippen LogP contribution in [0.3, 0.4) is 0 Å². The zero-order valence-corrected chi connectivity index (χ0v) is 15.1. The molecular weight excluding hydrogens is 344 g/mol. The third-order valence-corrected chi connectivity index (χ3v) is 4.28. The standard InChI is InChI=1S/C18H23F2N3O3/c1-4-14-16(17(24)26-5-2)15(23-18(25)22-14)9-21-10(3)12-7-6-11(19)8-13(12)20/h6-8,10,14,21H,4-5,9H2,1-3H3,(H2,22,23,25)/p+1/t10-,14+/m1/s1. The van der Waals surface area contributed by atoms with Gasteiger partial charge in [-0.2, -0.15) is 0 Å². The number of carbonyl (C=O) groups excluding carboxylic acids is 2. The van der Waals surface area contributed by atoms with Crippen LogP contribution in [0.15, 0.2) is 29.5 Å². The van der Waals surface area contributed by atoms with E-state index < -0.39 is 29.7 Å². The van der Waals surface area contributed by atoms with Crippen molar-refractivity contribution in [1.29, 1.82) is 0 Å². The zero-order valence-electron chi connectivity index (χ0n) is 15.1. The normalized spacial score (nSPS) is 18.2. The Balaban J connectivity index is 2.21. The van der Waals surface area contributed by atoms with Crippen LogP contribution in [0.2, 0.25) is 0 Å². The molecule has 0 unspecified atom stereocenters. The molecule has 0 aromatic heterocycles. The van der Waals surface area contributed by atoms with Crippen LogP contribution < -0.4 is 16.0 Å². The molecule has 1 aromatic rings. The Bertz CT molecular complexity index is 722. The fourth-order valence-electron chi connectivity index (χ4n) is 2.92. The Hall–Kier alpha value is -2.48. The average Bonchev–Trinajstić information content (AvgIpc) is 2.59. The first-order valence-corrected chi connectivity index (χ1v) is 8.63. The molecule has 2 rings (SSSR count). The number of amides is 2. The highest BCUT2D eigenvalue weighted by Crippen LogP contribution is 2.17. The lowest BCUT2D eigenvalue weighted by Crippen LogP contribution is -2.86. The molecule has 6 nitrogen and oxygen atoms in total. The minimum atomic E-state index is -0.637. The molecule has 0 saturated carbocycles. The number of hydrogen-bond donors (Lipinski definition) is 3. The molecule has 2 atom stereocenters. The predicted octanol–water partition coefficient (Wildman–Crippen LogP) is 1.50. The summed E-state index contributed by atoms with van der Waals surface area (Å²) in [6.07, 6.45) is 0.535. The second kappa shape index (κ2) is 8.75. The summed E-state index contributed by atoms with van der Waals surface area (Å²) in [6, 6.07) is 2.26. The Morgan fingerprint density at radius 2 is 2.08 bits per heavy atom. The van der Waals surface area contributed by atoms with Gasteiger partial charge in [-0.3, -0.25) is 0 Å². The van der Waals surface area contributed by atoms with E-state index in [-0.39, 0.29) is 19.2 Å². The number of rotatable bonds is 7. The zero-order chi connectivity index (χ0) is 19.3. The largest absolute Gasteiger partial charge is 0.463 e. The molecule has 0 aliphatic carbocycles. The van der Waals surface area contributed by atoms with Gasteiger partial charge in [-0.25, -0.2) is 18.4 Å². The lowest BCUT2D eigenvalue weighted by atomic mass is 9.99. The number of carbonyl (C=O) groups is 2. The summed E-state index contributed by atoms with van der Waals surface area (Å²) < 4.78 is 32.1. The summed E-state index contributed by atoms with van der Waals surface area (Å²) in [7, 11) is 0. The van der Waals surface area contributed by atoms with Gasteiger partial charge in [-0.15, -0.1) is 0 Å². The van der Waals surface area contributed by atoms with E-state index in [1.54, 1.807) is 19.2 Å². The molecule has 0 radical (unpaired) electrons. The number of hydrogen-bond acceptors (Lipinski definition) is 3. The van der Waals surface area contributed by atoms with Crippen LogP contribution in [-0.2, 0) is 9.53 Å². The molecular formula is C18H24F2N3O3+. The summed E-state index contributed by atoms with van der Waals surface area (Å²) in [5.74, 6) is -1.76. The highest BCUT2D eigenvalue weighted by atomic mass is 19.1. The predicted molar refractivity (Wildman–Crippen MR) is 91.0 cm³/mol. The summed E-state index contributed by atoms with van der Waals surface area (Å²) in [5.41, 5.74) is 1.15. The summed E-state index contributed by atoms with van der Waals surface area (Å²) in [4.78, 5) is 24.2. The van der Waals surface area contributed by atoms with E-state index in [1.165, 1.54) is 12.1 Å². The Morgan fingerprint density at radius 1 is 1.35 bits per heavy atom. The highest BCUT2D eigenvalue weighted by molar-refractivity contribution is 5.94. The van der Waals surface area contributed by atoms with E-state index >= 15 is 0 Å². The second-order valence-electron chi connectivity index (χ2n) is 6.07. The minimum Gasteiger partial charge on any atom is -0.463 e. The van der Waals surface area contributed by atoms with Gasteiger partial charge >= 0.3 is 12.0 Å². The topological polar surface area (TPSA) is 84.0 Å². The fraction of sp³-hybridized carbons (Fsp3) is 0.444. The van der Waals surface area contributed by atoms with E-state index in [2.05, 4.69) is 10.6 Å². The molecule has 1 heterocycles. The van der Waals surface area contributed by atoms with E-state index in [1.807, 2.05) is 6.92 Å². The molecule has 1 aromatic carbocycles. The number of urea groups is 1. The van der Waals surface area contributed by atoms with E-state index in [4.69, 9.17) is 4.74 Å². The van der Waals surface area contributed by atoms with Gasteiger partial charge in [0.25, 0.3) is 0 Å². The first-order chi connectivity index (χ1) is 12.4. The number of ether oxygens (including phenoxy) is 1. The lowest BCUT2D eigenvalue weighted by Gasteiger charge is -2.28. The first kappa shape index (κ1) is 19.8. The van der Waals surface area contributed by atoms with Crippen molar-refractivity contribution in [2.45, 2.75) is 39.3 Å². The molecule has 0 bridgehead atoms. The lowest BCUT2D eigenvalue weighted by molar-refractivity contribution is -0.686. The third kappa shape index (κ3) is 4.57. The second-order valence-corrected chi connectivity index (χ2v) is 6.07. The molecule has 1 aliphatic rings. The molecule has 0 saturated heterocycles. The highest BCUT2D eigenvalue weighted by Gasteiger charge is 2.32. The van der Waals surface area contributed by atoms with Gasteiger partial charge in [-0.1, -0.05) is 6.92 Å². The summed E-state index contributed by atoms with van der Waals surface area (Å²) >= 11 is 0. The number of esters is 1. The monoisotopic (exact) mass is 368 g/mol. The van der Waals surface area contributed by atoms with Gasteiger partial charge in [0, 0.05) is 11.6 Å². The van der Waals surface area contributed by atoms with Crippen molar-refractivity contribution < 1.29 is 28.4 Å². The number of quaternary nitrogens is 1. The van der Waals surface area contributed by atoms with Gasteiger partial charge in [0.1, 0.15) is 24.2 Å². The minimum absolute atomic E-state index is 0.223. The van der Waals surface area contributed by atoms with Crippen molar-refractivity contribution >= 4 is 12.0 Å². The van der Waals surface area contributed by atoms with Gasteiger partial charge in [0.2, 0.25) is 0 Å². The number of nitrogens with two attached hydrogens (primary N) is 1. The van der Waals surface area contributed by atoms with Crippen LogP contribution in [-0.4, -0.2) is 31.2 Å².